The number of alkyl halides is 2. The van der Waals surface area contributed by atoms with Gasteiger partial charge in [0.05, 0.1) is 12.0 Å². The summed E-state index contributed by atoms with van der Waals surface area (Å²) in [5, 5.41) is 4.78. The topological polar surface area (TPSA) is 55.1 Å². The summed E-state index contributed by atoms with van der Waals surface area (Å²) in [5.74, 6) is -2.44. The van der Waals surface area contributed by atoms with Gasteiger partial charge in [0, 0.05) is 10.3 Å². The zero-order valence-corrected chi connectivity index (χ0v) is 13.2. The highest BCUT2D eigenvalue weighted by Crippen LogP contribution is 2.32. The Balaban J connectivity index is 1.77. The quantitative estimate of drug-likeness (QED) is 0.659. The number of halogens is 2. The first-order valence-electron chi connectivity index (χ1n) is 6.48. The smallest absolute Gasteiger partial charge is 0.288 e. The van der Waals surface area contributed by atoms with E-state index in [0.29, 0.717) is 33.1 Å². The maximum atomic E-state index is 12.6. The third kappa shape index (κ3) is 3.77. The molecule has 0 bridgehead atoms. The van der Waals surface area contributed by atoms with Crippen molar-refractivity contribution in [2.45, 2.75) is 10.7 Å². The fraction of sp³-hybridized carbons (Fsp3) is 0.0667. The van der Waals surface area contributed by atoms with Crippen molar-refractivity contribution in [2.24, 2.45) is 0 Å². The van der Waals surface area contributed by atoms with Crippen LogP contribution in [0.2, 0.25) is 0 Å². The van der Waals surface area contributed by atoms with Crippen LogP contribution in [-0.2, 0) is 0 Å². The molecule has 23 heavy (non-hydrogen) atoms. The van der Waals surface area contributed by atoms with Crippen molar-refractivity contribution in [3.63, 3.8) is 0 Å². The number of carbonyl (C=O) groups is 1. The second-order valence-electron chi connectivity index (χ2n) is 4.34. The molecule has 1 aromatic carbocycles. The molecule has 0 radical (unpaired) electrons. The molecule has 0 aliphatic heterocycles. The second-order valence-corrected chi connectivity index (χ2v) is 6.23. The van der Waals surface area contributed by atoms with Gasteiger partial charge in [0.25, 0.3) is 11.7 Å². The van der Waals surface area contributed by atoms with Crippen LogP contribution in [0.5, 0.6) is 0 Å². The molecule has 8 heteroatoms. The summed E-state index contributed by atoms with van der Waals surface area (Å²) >= 11 is 1.65. The lowest BCUT2D eigenvalue weighted by molar-refractivity contribution is 0.102. The molecule has 2 heterocycles. The molecule has 0 aliphatic carbocycles. The van der Waals surface area contributed by atoms with Gasteiger partial charge in [-0.05, 0) is 24.3 Å². The summed E-state index contributed by atoms with van der Waals surface area (Å²) in [7, 11) is 0. The largest absolute Gasteiger partial charge is 0.462 e. The highest BCUT2D eigenvalue weighted by Gasteiger charge is 2.16. The lowest BCUT2D eigenvalue weighted by Crippen LogP contribution is -2.13. The Morgan fingerprint density at radius 2 is 2.09 bits per heavy atom. The van der Waals surface area contributed by atoms with E-state index in [4.69, 9.17) is 4.42 Å². The number of aromatic nitrogens is 1. The van der Waals surface area contributed by atoms with Crippen LogP contribution in [0.3, 0.4) is 0 Å². The van der Waals surface area contributed by atoms with E-state index in [2.05, 4.69) is 10.3 Å². The Hall–Kier alpha value is -2.19. The Labute approximate surface area is 138 Å². The normalized spacial score (nSPS) is 10.9. The minimum Gasteiger partial charge on any atom is -0.462 e. The number of para-hydroxylation sites is 1. The summed E-state index contributed by atoms with van der Waals surface area (Å²) in [4.78, 5) is 16.7. The summed E-state index contributed by atoms with van der Waals surface area (Å²) in [6.07, 6.45) is 1.52. The highest BCUT2D eigenvalue weighted by atomic mass is 32.2. The second kappa shape index (κ2) is 6.93. The number of nitrogens with zero attached hydrogens (tertiary/aromatic N) is 1. The van der Waals surface area contributed by atoms with Crippen molar-refractivity contribution in [2.75, 3.05) is 5.32 Å². The van der Waals surface area contributed by atoms with Crippen molar-refractivity contribution >= 4 is 34.7 Å². The SMILES string of the molecule is O=C(Nc1ccccc1SC(F)F)c1csc(-c2ccco2)n1. The van der Waals surface area contributed by atoms with Crippen molar-refractivity contribution < 1.29 is 18.0 Å². The highest BCUT2D eigenvalue weighted by molar-refractivity contribution is 7.99. The Morgan fingerprint density at radius 1 is 1.26 bits per heavy atom. The van der Waals surface area contributed by atoms with Crippen LogP contribution in [0, 0.1) is 0 Å². The van der Waals surface area contributed by atoms with E-state index in [-0.39, 0.29) is 5.69 Å². The standard InChI is InChI=1S/C15H10F2N2O2S2/c16-15(17)23-12-6-2-1-4-9(12)18-13(20)10-8-22-14(19-10)11-5-3-7-21-11/h1-8,15H,(H,18,20). The number of amides is 1. The van der Waals surface area contributed by atoms with E-state index < -0.39 is 11.7 Å². The van der Waals surface area contributed by atoms with Crippen LogP contribution in [0.15, 0.2) is 57.4 Å². The van der Waals surface area contributed by atoms with E-state index in [1.807, 2.05) is 0 Å². The van der Waals surface area contributed by atoms with Gasteiger partial charge in [-0.2, -0.15) is 8.78 Å². The molecule has 4 nitrogen and oxygen atoms in total. The number of anilines is 1. The fourth-order valence-corrected chi connectivity index (χ4v) is 3.21. The molecule has 3 aromatic rings. The molecule has 1 amide bonds. The number of nitrogens with one attached hydrogen (secondary N) is 1. The van der Waals surface area contributed by atoms with Crippen molar-refractivity contribution in [1.82, 2.24) is 4.98 Å². The maximum Gasteiger partial charge on any atom is 0.288 e. The molecular weight excluding hydrogens is 342 g/mol. The molecule has 2 aromatic heterocycles. The van der Waals surface area contributed by atoms with E-state index in [1.165, 1.54) is 23.7 Å². The van der Waals surface area contributed by atoms with Gasteiger partial charge in [0.1, 0.15) is 5.69 Å². The zero-order chi connectivity index (χ0) is 16.2. The van der Waals surface area contributed by atoms with E-state index in [9.17, 15) is 13.6 Å². The molecule has 0 fully saturated rings. The van der Waals surface area contributed by atoms with Gasteiger partial charge < -0.3 is 9.73 Å². The molecule has 0 saturated heterocycles. The van der Waals surface area contributed by atoms with Crippen molar-refractivity contribution in [3.8, 4) is 10.8 Å². The molecule has 0 aliphatic rings. The van der Waals surface area contributed by atoms with Crippen LogP contribution < -0.4 is 5.32 Å². The van der Waals surface area contributed by atoms with Gasteiger partial charge in [-0.3, -0.25) is 4.79 Å². The summed E-state index contributed by atoms with van der Waals surface area (Å²) in [5.41, 5.74) is 0.536. The van der Waals surface area contributed by atoms with Crippen LogP contribution in [0.25, 0.3) is 10.8 Å². The monoisotopic (exact) mass is 352 g/mol. The van der Waals surface area contributed by atoms with Crippen LogP contribution >= 0.6 is 23.1 Å². The first kappa shape index (κ1) is 15.7. The lowest BCUT2D eigenvalue weighted by Gasteiger charge is -2.09. The van der Waals surface area contributed by atoms with Crippen LogP contribution in [-0.4, -0.2) is 16.6 Å². The third-order valence-corrected chi connectivity index (χ3v) is 4.47. The number of thiazole rings is 1. The predicted molar refractivity (Wildman–Crippen MR) is 86.1 cm³/mol. The van der Waals surface area contributed by atoms with E-state index >= 15 is 0 Å². The number of hydrogen-bond acceptors (Lipinski definition) is 5. The maximum absolute atomic E-state index is 12.6. The van der Waals surface area contributed by atoms with Gasteiger partial charge in [0.2, 0.25) is 0 Å². The molecule has 0 spiro atoms. The van der Waals surface area contributed by atoms with Gasteiger partial charge in [0.15, 0.2) is 10.8 Å². The summed E-state index contributed by atoms with van der Waals surface area (Å²) in [6, 6.07) is 9.88. The van der Waals surface area contributed by atoms with Gasteiger partial charge in [-0.15, -0.1) is 11.3 Å². The predicted octanol–water partition coefficient (Wildman–Crippen LogP) is 4.97. The average Bonchev–Trinajstić information content (AvgIpc) is 3.19. The minimum absolute atomic E-state index is 0.207. The van der Waals surface area contributed by atoms with Gasteiger partial charge in [-0.1, -0.05) is 23.9 Å². The van der Waals surface area contributed by atoms with Crippen molar-refractivity contribution in [1.29, 1.82) is 0 Å². The Morgan fingerprint density at radius 3 is 2.83 bits per heavy atom. The minimum atomic E-state index is -2.56. The fourth-order valence-electron chi connectivity index (χ4n) is 1.85. The van der Waals surface area contributed by atoms with Crippen LogP contribution in [0.1, 0.15) is 10.5 Å². The number of rotatable bonds is 5. The molecule has 0 unspecified atom stereocenters. The van der Waals surface area contributed by atoms with Gasteiger partial charge in [-0.25, -0.2) is 4.98 Å². The Kier molecular flexibility index (Phi) is 4.73. The van der Waals surface area contributed by atoms with Crippen molar-refractivity contribution in [3.05, 3.63) is 53.7 Å². The number of furan rings is 1. The number of thioether (sulfide) groups is 1. The molecular formula is C15H10F2N2O2S2. The molecule has 0 saturated carbocycles. The summed E-state index contributed by atoms with van der Waals surface area (Å²) in [6.45, 7) is 0. The van der Waals surface area contributed by atoms with Gasteiger partial charge >= 0.3 is 0 Å². The Bertz CT molecular complexity index is 803. The molecule has 0 atom stereocenters. The third-order valence-electron chi connectivity index (χ3n) is 2.82. The number of benzene rings is 1. The average molecular weight is 352 g/mol. The first-order valence-corrected chi connectivity index (χ1v) is 8.24. The lowest BCUT2D eigenvalue weighted by atomic mass is 10.3. The number of hydrogen-bond donors (Lipinski definition) is 1. The van der Waals surface area contributed by atoms with E-state index in [1.54, 1.807) is 35.7 Å². The molecule has 118 valence electrons. The molecule has 1 N–H and O–H groups in total. The molecule has 3 rings (SSSR count). The first-order chi connectivity index (χ1) is 11.1. The zero-order valence-electron chi connectivity index (χ0n) is 11.5. The van der Waals surface area contributed by atoms with E-state index in [0.717, 1.165) is 0 Å². The summed E-state index contributed by atoms with van der Waals surface area (Å²) < 4.78 is 30.3. The number of carbonyl (C=O) groups excluding carboxylic acids is 1. The van der Waals surface area contributed by atoms with Crippen LogP contribution in [0.4, 0.5) is 14.5 Å².